The van der Waals surface area contributed by atoms with Gasteiger partial charge in [-0.25, -0.2) is 0 Å². The molecule has 0 aliphatic rings. The zero-order valence-corrected chi connectivity index (χ0v) is 74.8. The Bertz CT molecular complexity index is 9670. The van der Waals surface area contributed by atoms with Crippen LogP contribution in [0.2, 0.25) is 0 Å². The maximum absolute atomic E-state index is 11.6. The van der Waals surface area contributed by atoms with Crippen molar-refractivity contribution in [3.05, 3.63) is 303 Å². The van der Waals surface area contributed by atoms with Gasteiger partial charge in [0.15, 0.2) is 69.0 Å². The van der Waals surface area contributed by atoms with Crippen LogP contribution in [0.25, 0.3) is 241 Å². The van der Waals surface area contributed by atoms with Gasteiger partial charge in [0.2, 0.25) is 69.0 Å². The van der Waals surface area contributed by atoms with E-state index in [1.807, 2.05) is 164 Å². The highest BCUT2D eigenvalue weighted by atomic mass is 16.4. The summed E-state index contributed by atoms with van der Waals surface area (Å²) < 4.78 is 17.9. The van der Waals surface area contributed by atoms with Crippen LogP contribution in [0.15, 0.2) is 317 Å². The van der Waals surface area contributed by atoms with Gasteiger partial charge in [0.05, 0.1) is 0 Å². The molecule has 0 aliphatic carbocycles. The third kappa shape index (κ3) is 13.2. The van der Waals surface area contributed by atoms with E-state index in [9.17, 15) is 123 Å². The first-order valence-electron chi connectivity index (χ1n) is 44.9. The largest absolute Gasteiger partial charge is 0.504 e. The highest BCUT2D eigenvalue weighted by molar-refractivity contribution is 6.34. The first kappa shape index (κ1) is 88.3. The second-order valence-electron chi connectivity index (χ2n) is 35.0. The van der Waals surface area contributed by atoms with Gasteiger partial charge in [-0.1, -0.05) is 243 Å². The van der Waals surface area contributed by atoms with E-state index in [1.54, 1.807) is 140 Å². The lowest BCUT2D eigenvalue weighted by atomic mass is 9.82. The lowest BCUT2D eigenvalue weighted by Crippen LogP contribution is -1.95. The maximum atomic E-state index is 11.6. The van der Waals surface area contributed by atoms with Gasteiger partial charge in [0, 0.05) is 130 Å². The fraction of sp³-hybridized carbons (Fsp3) is 0. The Hall–Kier alpha value is -20.7. The number of phenolic OH excluding ortho intramolecular Hbond substituents is 24. The molecule has 0 unspecified atom stereocenters. The Morgan fingerprint density at radius 3 is 0.614 bits per heavy atom. The second-order valence-corrected chi connectivity index (χ2v) is 35.0. The number of hydrogen-bond acceptors (Lipinski definition) is 27. The monoisotopic (exact) mass is 1920 g/mol. The van der Waals surface area contributed by atoms with Crippen LogP contribution in [0.4, 0.5) is 0 Å². The summed E-state index contributed by atoms with van der Waals surface area (Å²) >= 11 is 0. The lowest BCUT2D eigenvalue weighted by Gasteiger charge is -2.23. The first-order chi connectivity index (χ1) is 70.0. The number of hydrogen-bond donors (Lipinski definition) is 24. The summed E-state index contributed by atoms with van der Waals surface area (Å²) in [6, 6.07) is 90.4. The summed E-state index contributed by atoms with van der Waals surface area (Å²) in [5.41, 5.74) is 10.6. The van der Waals surface area contributed by atoms with Crippen LogP contribution in [-0.4, -0.2) is 123 Å². The molecule has 708 valence electrons. The number of furan rings is 3. The van der Waals surface area contributed by atoms with Crippen LogP contribution >= 0.6 is 0 Å². The minimum absolute atomic E-state index is 0.00147. The number of aromatic hydroxyl groups is 24. The first-order valence-corrected chi connectivity index (χ1v) is 44.9. The third-order valence-electron chi connectivity index (χ3n) is 27.2. The molecule has 0 spiro atoms. The van der Waals surface area contributed by atoms with Crippen molar-refractivity contribution in [1.82, 2.24) is 0 Å². The van der Waals surface area contributed by atoms with E-state index >= 15 is 0 Å². The number of phenols is 24. The van der Waals surface area contributed by atoms with E-state index < -0.39 is 138 Å². The average molecular weight is 1920 g/mol. The number of para-hydroxylation sites is 3. The summed E-state index contributed by atoms with van der Waals surface area (Å²) in [4.78, 5) is 0. The summed E-state index contributed by atoms with van der Waals surface area (Å²) in [5, 5.41) is 271. The number of fused-ring (bicyclic) bond motifs is 16. The smallest absolute Gasteiger partial charge is 0.204 e. The quantitative estimate of drug-likeness (QED) is 0.0362. The highest BCUT2D eigenvalue weighted by Crippen LogP contribution is 2.68. The molecule has 0 fully saturated rings. The van der Waals surface area contributed by atoms with Gasteiger partial charge < -0.3 is 136 Å². The molecule has 25 aromatic rings. The van der Waals surface area contributed by atoms with E-state index in [-0.39, 0.29) is 98.0 Å². The molecular formula is C118H74O27. The van der Waals surface area contributed by atoms with Gasteiger partial charge in [-0.3, -0.25) is 0 Å². The predicted octanol–water partition coefficient (Wildman–Crippen LogP) is 26.8. The Balaban J connectivity index is 0.000000121. The van der Waals surface area contributed by atoms with E-state index in [1.165, 1.54) is 0 Å². The summed E-state index contributed by atoms with van der Waals surface area (Å²) in [6.07, 6.45) is 0. The number of benzene rings is 22. The molecule has 27 heteroatoms. The van der Waals surface area contributed by atoms with Crippen LogP contribution in [0.3, 0.4) is 0 Å². The van der Waals surface area contributed by atoms with E-state index in [2.05, 4.69) is 0 Å². The summed E-state index contributed by atoms with van der Waals surface area (Å²) in [5.74, 6) is -22.3. The Morgan fingerprint density at radius 2 is 0.310 bits per heavy atom. The van der Waals surface area contributed by atoms with Crippen molar-refractivity contribution in [3.63, 3.8) is 0 Å². The zero-order valence-electron chi connectivity index (χ0n) is 74.8. The SMILES string of the molecule is Oc1c(O)c(O)c2c(-c3ccc4oc5ccccc5c4c3)c3c(O)c(O)c(O)c(O)c3c(-c3ccc(-c4ccc(-c5ccccc5)cc4)cc3)c2c1O.Oc1c(O)c(O)c2c(-c3ccc4oc5ccccc5c4c3)c3c(O)c(O)c(O)c(O)c3c(-c3cccc(-c4ccccc4)c3)c2c1O.Oc1c(O)c(O)c2c(-c3cccc4ccccc34)c3c(O)c(O)c(O)c(O)c3c(-c3ccc4oc5ccccc5c4c3)c2c1O. The molecule has 3 aromatic heterocycles. The molecular weight excluding hydrogens is 1850 g/mol. The van der Waals surface area contributed by atoms with Crippen LogP contribution in [0.1, 0.15) is 0 Å². The van der Waals surface area contributed by atoms with Crippen LogP contribution in [-0.2, 0) is 0 Å². The molecule has 0 radical (unpaired) electrons. The molecule has 0 amide bonds. The van der Waals surface area contributed by atoms with Gasteiger partial charge in [-0.05, 0) is 138 Å². The van der Waals surface area contributed by atoms with Crippen LogP contribution in [0.5, 0.6) is 138 Å². The zero-order chi connectivity index (χ0) is 101. The van der Waals surface area contributed by atoms with Gasteiger partial charge in [-0.15, -0.1) is 0 Å². The molecule has 27 nitrogen and oxygen atoms in total. The molecule has 25 rings (SSSR count). The molecule has 0 saturated carbocycles. The summed E-state index contributed by atoms with van der Waals surface area (Å²) in [7, 11) is 0. The molecule has 145 heavy (non-hydrogen) atoms. The average Bonchev–Trinajstić information content (AvgIpc) is 1.59. The van der Waals surface area contributed by atoms with Gasteiger partial charge in [0.1, 0.15) is 33.5 Å². The van der Waals surface area contributed by atoms with Gasteiger partial charge >= 0.3 is 0 Å². The fourth-order valence-electron chi connectivity index (χ4n) is 20.5. The molecule has 3 heterocycles. The summed E-state index contributed by atoms with van der Waals surface area (Å²) in [6.45, 7) is 0. The Morgan fingerprint density at radius 1 is 0.117 bits per heavy atom. The molecule has 0 aliphatic heterocycles. The van der Waals surface area contributed by atoms with Crippen molar-refractivity contribution in [1.29, 1.82) is 0 Å². The third-order valence-corrected chi connectivity index (χ3v) is 27.2. The maximum Gasteiger partial charge on any atom is 0.204 e. The second kappa shape index (κ2) is 33.0. The Kier molecular flexibility index (Phi) is 20.1. The van der Waals surface area contributed by atoms with E-state index in [0.29, 0.717) is 88.4 Å². The standard InChI is InChI=1S/C44H28O9.C38H24O9.C36H22O9/c45-37-33-31(25-16-14-24(15-17-25)23-12-10-22(11-13-23)21-6-2-1-3-7-21)34-36(40(48)44(52)42(50)38(34)46)32(35(33)39(47)43(51)41(37)49)26-18-19-30-28(20-26)27-8-4-5-9-29(27)53-30;39-31-27-25(19-10-6-9-18(15-19)17-7-2-1-3-8-17)28-30(34(42)38(46)36(44)32(28)40)26(29(27)33(41)37(45)35(31)43)20-13-14-24-22(16-20)21-11-4-5-12-23(21)47-24;37-29-25-23(16-12-13-22-20(14-16)18-9-3-4-11-21(18)45-22)26-28(32(40)36(44)34(42)30(26)38)24(27(25)31(39)35(43)33(29)41)19-10-5-7-15-6-1-2-8-17(15)19/h1-20,45-52H;1-16,39-46H;1-14,37-44H. The molecule has 24 N–H and O–H groups in total. The highest BCUT2D eigenvalue weighted by Gasteiger charge is 2.38. The minimum atomic E-state index is -1.03. The van der Waals surface area contributed by atoms with Gasteiger partial charge in [0.25, 0.3) is 0 Å². The Labute approximate surface area is 813 Å². The van der Waals surface area contributed by atoms with Gasteiger partial charge in [-0.2, -0.15) is 0 Å². The van der Waals surface area contributed by atoms with Crippen molar-refractivity contribution < 1.29 is 136 Å². The molecule has 0 saturated heterocycles. The van der Waals surface area contributed by atoms with Crippen molar-refractivity contribution in [2.75, 3.05) is 0 Å². The molecule has 0 atom stereocenters. The van der Waals surface area contributed by atoms with Crippen molar-refractivity contribution in [2.45, 2.75) is 0 Å². The van der Waals surface area contributed by atoms with Crippen molar-refractivity contribution >= 4 is 141 Å². The minimum Gasteiger partial charge on any atom is -0.504 e. The normalized spacial score (nSPS) is 11.7. The lowest BCUT2D eigenvalue weighted by molar-refractivity contribution is 0.350. The van der Waals surface area contributed by atoms with Crippen molar-refractivity contribution in [3.8, 4) is 238 Å². The molecule has 22 aromatic carbocycles. The van der Waals surface area contributed by atoms with E-state index in [0.717, 1.165) is 54.9 Å². The predicted molar refractivity (Wildman–Crippen MR) is 553 cm³/mol. The van der Waals surface area contributed by atoms with Crippen LogP contribution in [0, 0.1) is 0 Å². The van der Waals surface area contributed by atoms with Crippen LogP contribution < -0.4 is 0 Å². The van der Waals surface area contributed by atoms with E-state index in [4.69, 9.17) is 13.3 Å². The molecule has 0 bridgehead atoms. The number of rotatable bonds is 9. The van der Waals surface area contributed by atoms with Crippen molar-refractivity contribution in [2.24, 2.45) is 0 Å². The topological polar surface area (TPSA) is 525 Å². The fourth-order valence-corrected chi connectivity index (χ4v) is 20.5.